The largest absolute Gasteiger partial charge is 0.478 e. The SMILES string of the molecule is O=C(O)c1ccc([C@@H]2Nc3c(F)cccc3[C@@H]3[C@H]4CC[C@@H](C4)[C@@H]32)cc1. The highest BCUT2D eigenvalue weighted by atomic mass is 19.1. The number of benzene rings is 2. The summed E-state index contributed by atoms with van der Waals surface area (Å²) >= 11 is 0. The van der Waals surface area contributed by atoms with Crippen molar-refractivity contribution in [2.45, 2.75) is 31.2 Å². The Kier molecular flexibility index (Phi) is 3.18. The van der Waals surface area contributed by atoms with E-state index in [1.807, 2.05) is 18.2 Å². The molecule has 0 amide bonds. The zero-order valence-electron chi connectivity index (χ0n) is 13.8. The van der Waals surface area contributed by atoms with Crippen LogP contribution in [-0.4, -0.2) is 11.1 Å². The van der Waals surface area contributed by atoms with Gasteiger partial charge in [-0.15, -0.1) is 0 Å². The lowest BCUT2D eigenvalue weighted by atomic mass is 9.68. The molecule has 0 spiro atoms. The number of para-hydroxylation sites is 1. The molecule has 1 heterocycles. The number of carboxylic acids is 1. The molecule has 0 unspecified atom stereocenters. The average Bonchev–Trinajstić information content (AvgIpc) is 3.24. The van der Waals surface area contributed by atoms with Crippen LogP contribution >= 0.6 is 0 Å². The standard InChI is InChI=1S/C21H20FNO2/c22-16-3-1-2-15-17-13-8-9-14(10-13)18(17)19(23-20(15)16)11-4-6-12(7-5-11)21(24)25/h1-7,13-14,17-19,23H,8-10H2,(H,24,25)/t13-,14-,17-,18-,19-/m0/s1. The van der Waals surface area contributed by atoms with Gasteiger partial charge in [0.1, 0.15) is 5.82 Å². The number of carboxylic acid groups (broad SMARTS) is 1. The summed E-state index contributed by atoms with van der Waals surface area (Å²) in [5.74, 6) is 1.09. The Bertz CT molecular complexity index is 847. The number of aromatic carboxylic acids is 1. The van der Waals surface area contributed by atoms with Gasteiger partial charge in [-0.3, -0.25) is 0 Å². The van der Waals surface area contributed by atoms with Crippen molar-refractivity contribution in [1.82, 2.24) is 0 Å². The lowest BCUT2D eigenvalue weighted by Gasteiger charge is -2.43. The number of hydrogen-bond donors (Lipinski definition) is 2. The van der Waals surface area contributed by atoms with Gasteiger partial charge in [-0.25, -0.2) is 9.18 Å². The van der Waals surface area contributed by atoms with E-state index in [1.165, 1.54) is 25.3 Å². The van der Waals surface area contributed by atoms with Gasteiger partial charge in [-0.2, -0.15) is 0 Å². The van der Waals surface area contributed by atoms with E-state index in [0.29, 0.717) is 29.4 Å². The predicted molar refractivity (Wildman–Crippen MR) is 93.2 cm³/mol. The number of nitrogens with one attached hydrogen (secondary N) is 1. The van der Waals surface area contributed by atoms with Crippen LogP contribution in [0.4, 0.5) is 10.1 Å². The maximum atomic E-state index is 14.5. The predicted octanol–water partition coefficient (Wildman–Crippen LogP) is 4.82. The van der Waals surface area contributed by atoms with E-state index in [4.69, 9.17) is 5.11 Å². The lowest BCUT2D eigenvalue weighted by molar-refractivity contribution is 0.0697. The lowest BCUT2D eigenvalue weighted by Crippen LogP contribution is -2.35. The van der Waals surface area contributed by atoms with Gasteiger partial charge in [0, 0.05) is 0 Å². The van der Waals surface area contributed by atoms with E-state index in [9.17, 15) is 9.18 Å². The number of hydrogen-bond acceptors (Lipinski definition) is 2. The minimum absolute atomic E-state index is 0.0487. The molecule has 5 rings (SSSR count). The third-order valence-electron chi connectivity index (χ3n) is 6.59. The molecule has 5 atom stereocenters. The molecular weight excluding hydrogens is 317 g/mol. The van der Waals surface area contributed by atoms with E-state index >= 15 is 0 Å². The highest BCUT2D eigenvalue weighted by molar-refractivity contribution is 5.87. The Labute approximate surface area is 145 Å². The van der Waals surface area contributed by atoms with Crippen molar-refractivity contribution in [3.8, 4) is 0 Å². The molecule has 2 saturated carbocycles. The first-order chi connectivity index (χ1) is 12.1. The van der Waals surface area contributed by atoms with Crippen molar-refractivity contribution >= 4 is 11.7 Å². The molecule has 2 aromatic carbocycles. The van der Waals surface area contributed by atoms with Crippen molar-refractivity contribution in [3.63, 3.8) is 0 Å². The van der Waals surface area contributed by atoms with Gasteiger partial charge < -0.3 is 10.4 Å². The van der Waals surface area contributed by atoms with Gasteiger partial charge in [0.15, 0.2) is 0 Å². The molecule has 25 heavy (non-hydrogen) atoms. The number of anilines is 1. The molecule has 4 heteroatoms. The van der Waals surface area contributed by atoms with Gasteiger partial charge >= 0.3 is 5.97 Å². The molecule has 128 valence electrons. The minimum atomic E-state index is -0.919. The Balaban J connectivity index is 1.60. The molecular formula is C21H20FNO2. The van der Waals surface area contributed by atoms with Gasteiger partial charge in [-0.1, -0.05) is 24.3 Å². The van der Waals surface area contributed by atoms with E-state index in [-0.39, 0.29) is 17.4 Å². The Hall–Kier alpha value is -2.36. The van der Waals surface area contributed by atoms with Crippen LogP contribution in [0.25, 0.3) is 0 Å². The Morgan fingerprint density at radius 2 is 1.84 bits per heavy atom. The molecule has 3 aliphatic rings. The average molecular weight is 337 g/mol. The number of carbonyl (C=O) groups is 1. The third-order valence-corrected chi connectivity index (χ3v) is 6.59. The van der Waals surface area contributed by atoms with Crippen LogP contribution in [0.3, 0.4) is 0 Å². The second-order valence-electron chi connectivity index (χ2n) is 7.69. The summed E-state index contributed by atoms with van der Waals surface area (Å²) in [6.45, 7) is 0. The smallest absolute Gasteiger partial charge is 0.335 e. The zero-order valence-corrected chi connectivity index (χ0v) is 13.8. The first kappa shape index (κ1) is 14.9. The van der Waals surface area contributed by atoms with Crippen LogP contribution in [0, 0.1) is 23.6 Å². The van der Waals surface area contributed by atoms with Crippen LogP contribution in [0.5, 0.6) is 0 Å². The summed E-state index contributed by atoms with van der Waals surface area (Å²) in [7, 11) is 0. The summed E-state index contributed by atoms with van der Waals surface area (Å²) in [5, 5.41) is 12.6. The summed E-state index contributed by atoms with van der Waals surface area (Å²) in [6.07, 6.45) is 3.73. The normalized spacial score (nSPS) is 32.0. The minimum Gasteiger partial charge on any atom is -0.478 e. The van der Waals surface area contributed by atoms with E-state index in [2.05, 4.69) is 11.4 Å². The van der Waals surface area contributed by atoms with Crippen molar-refractivity contribution in [3.05, 3.63) is 65.0 Å². The first-order valence-electron chi connectivity index (χ1n) is 9.01. The van der Waals surface area contributed by atoms with Crippen LogP contribution in [0.2, 0.25) is 0 Å². The Morgan fingerprint density at radius 3 is 2.60 bits per heavy atom. The van der Waals surface area contributed by atoms with Crippen molar-refractivity contribution < 1.29 is 14.3 Å². The van der Waals surface area contributed by atoms with Gasteiger partial charge in [-0.05, 0) is 72.3 Å². The van der Waals surface area contributed by atoms with E-state index in [1.54, 1.807) is 12.1 Å². The molecule has 0 radical (unpaired) electrons. The van der Waals surface area contributed by atoms with E-state index in [0.717, 1.165) is 11.1 Å². The van der Waals surface area contributed by atoms with Crippen molar-refractivity contribution in [1.29, 1.82) is 0 Å². The molecule has 0 saturated heterocycles. The molecule has 2 aromatic rings. The van der Waals surface area contributed by atoms with Crippen LogP contribution in [0.15, 0.2) is 42.5 Å². The highest BCUT2D eigenvalue weighted by Crippen LogP contribution is 2.63. The third kappa shape index (κ3) is 2.13. The van der Waals surface area contributed by atoms with Gasteiger partial charge in [0.2, 0.25) is 0 Å². The van der Waals surface area contributed by atoms with E-state index < -0.39 is 5.97 Å². The van der Waals surface area contributed by atoms with Crippen LogP contribution in [0.1, 0.15) is 52.7 Å². The zero-order chi connectivity index (χ0) is 17.1. The van der Waals surface area contributed by atoms with Gasteiger partial charge in [0.25, 0.3) is 0 Å². The maximum Gasteiger partial charge on any atom is 0.335 e. The highest BCUT2D eigenvalue weighted by Gasteiger charge is 2.54. The molecule has 2 bridgehead atoms. The Morgan fingerprint density at radius 1 is 1.08 bits per heavy atom. The maximum absolute atomic E-state index is 14.5. The second kappa shape index (κ2) is 5.32. The molecule has 2 aliphatic carbocycles. The van der Waals surface area contributed by atoms with Crippen molar-refractivity contribution in [2.75, 3.05) is 5.32 Å². The number of halogens is 1. The van der Waals surface area contributed by atoms with Crippen LogP contribution in [-0.2, 0) is 0 Å². The fraction of sp³-hybridized carbons (Fsp3) is 0.381. The van der Waals surface area contributed by atoms with Crippen LogP contribution < -0.4 is 5.32 Å². The van der Waals surface area contributed by atoms with Gasteiger partial charge in [0.05, 0.1) is 17.3 Å². The topological polar surface area (TPSA) is 49.3 Å². The fourth-order valence-electron chi connectivity index (χ4n) is 5.64. The molecule has 2 N–H and O–H groups in total. The first-order valence-corrected chi connectivity index (χ1v) is 9.01. The van der Waals surface area contributed by atoms with Crippen molar-refractivity contribution in [2.24, 2.45) is 17.8 Å². The summed E-state index contributed by atoms with van der Waals surface area (Å²) in [6, 6.07) is 12.5. The molecule has 2 fully saturated rings. The second-order valence-corrected chi connectivity index (χ2v) is 7.69. The molecule has 3 nitrogen and oxygen atoms in total. The number of fused-ring (bicyclic) bond motifs is 7. The fourth-order valence-corrected chi connectivity index (χ4v) is 5.64. The molecule has 1 aliphatic heterocycles. The number of rotatable bonds is 2. The summed E-state index contributed by atoms with van der Waals surface area (Å²) in [5.41, 5.74) is 3.12. The molecule has 0 aromatic heterocycles. The summed E-state index contributed by atoms with van der Waals surface area (Å²) in [4.78, 5) is 11.1. The summed E-state index contributed by atoms with van der Waals surface area (Å²) < 4.78 is 14.5. The monoisotopic (exact) mass is 337 g/mol. The quantitative estimate of drug-likeness (QED) is 0.826.